The fourth-order valence-corrected chi connectivity index (χ4v) is 1.62. The van der Waals surface area contributed by atoms with Crippen molar-refractivity contribution in [3.8, 4) is 5.75 Å². The topological polar surface area (TPSA) is 17.4 Å². The lowest BCUT2D eigenvalue weighted by atomic mass is 10.2. The van der Waals surface area contributed by atoms with E-state index in [4.69, 9.17) is 15.7 Å². The van der Waals surface area contributed by atoms with Gasteiger partial charge in [-0.2, -0.15) is 0 Å². The van der Waals surface area contributed by atoms with Crippen LogP contribution in [0.25, 0.3) is 10.9 Å². The third kappa shape index (κ3) is 2.44. The maximum absolute atomic E-state index is 8.42. The Morgan fingerprint density at radius 3 is 3.00 bits per heavy atom. The molecule has 1 aromatic heterocycles. The van der Waals surface area contributed by atoms with Crippen molar-refractivity contribution in [2.24, 2.45) is 0 Å². The maximum Gasteiger partial charge on any atom is 0.119 e. The summed E-state index contributed by atoms with van der Waals surface area (Å²) in [6, 6.07) is 5.25. The fraction of sp³-hybridized carbons (Fsp3) is 0.429. The molecule has 0 saturated carbocycles. The third-order valence-electron chi connectivity index (χ3n) is 2.61. The highest BCUT2D eigenvalue weighted by Gasteiger charge is 2.08. The van der Waals surface area contributed by atoms with Crippen LogP contribution in [0.15, 0.2) is 30.5 Å². The van der Waals surface area contributed by atoms with Crippen LogP contribution in [-0.2, 0) is 6.50 Å². The number of rotatable bonds is 4. The molecule has 3 nitrogen and oxygen atoms in total. The molecule has 17 heavy (non-hydrogen) atoms. The number of benzene rings is 1. The van der Waals surface area contributed by atoms with Gasteiger partial charge in [-0.05, 0) is 45.1 Å². The van der Waals surface area contributed by atoms with Crippen molar-refractivity contribution in [3.05, 3.63) is 30.5 Å². The van der Waals surface area contributed by atoms with Gasteiger partial charge in [-0.25, -0.2) is 0 Å². The Hall–Kier alpha value is -1.48. The number of likely N-dealkylation sites (N-methyl/N-ethyl adjacent to an activating group) is 1. The predicted octanol–water partition coefficient (Wildman–Crippen LogP) is 2.60. The van der Waals surface area contributed by atoms with Crippen molar-refractivity contribution < 1.29 is 15.7 Å². The summed E-state index contributed by atoms with van der Waals surface area (Å²) in [6.07, 6.45) is 1.47. The van der Waals surface area contributed by atoms with Crippen LogP contribution in [0.5, 0.6) is 5.75 Å². The van der Waals surface area contributed by atoms with Crippen molar-refractivity contribution in [1.29, 1.82) is 0 Å². The number of methoxy groups -OCH3 is 1. The zero-order chi connectivity index (χ0) is 19.2. The van der Waals surface area contributed by atoms with Crippen LogP contribution >= 0.6 is 0 Å². The van der Waals surface area contributed by atoms with Crippen LogP contribution in [0.1, 0.15) is 17.9 Å². The van der Waals surface area contributed by atoms with Crippen molar-refractivity contribution >= 4 is 10.9 Å². The summed E-state index contributed by atoms with van der Waals surface area (Å²) in [7, 11) is 1.52. The molecule has 1 atom stereocenters. The van der Waals surface area contributed by atoms with Gasteiger partial charge in [0.05, 0.1) is 9.85 Å². The van der Waals surface area contributed by atoms with Gasteiger partial charge >= 0.3 is 0 Å². The molecule has 0 aliphatic carbocycles. The van der Waals surface area contributed by atoms with Crippen LogP contribution in [0.3, 0.4) is 0 Å². The first-order valence-electron chi connectivity index (χ1n) is 9.25. The minimum Gasteiger partial charge on any atom is -0.497 e. The molecule has 1 heterocycles. The fourth-order valence-electron chi connectivity index (χ4n) is 1.62. The van der Waals surface area contributed by atoms with Crippen LogP contribution in [0, 0.1) is 0 Å². The largest absolute Gasteiger partial charge is 0.497 e. The monoisotopic (exact) mass is 240 g/mol. The molecule has 0 radical (unpaired) electrons. The molecule has 0 saturated heterocycles. The summed E-state index contributed by atoms with van der Waals surface area (Å²) >= 11 is 0. The van der Waals surface area contributed by atoms with Crippen LogP contribution in [0.2, 0.25) is 0 Å². The third-order valence-corrected chi connectivity index (χ3v) is 2.61. The molecule has 0 bridgehead atoms. The summed E-state index contributed by atoms with van der Waals surface area (Å²) < 4.78 is 68.2. The van der Waals surface area contributed by atoms with Gasteiger partial charge in [0.2, 0.25) is 0 Å². The van der Waals surface area contributed by atoms with E-state index in [1.54, 1.807) is 24.3 Å². The van der Waals surface area contributed by atoms with E-state index >= 15 is 0 Å². The highest BCUT2D eigenvalue weighted by Crippen LogP contribution is 2.22. The van der Waals surface area contributed by atoms with E-state index in [2.05, 4.69) is 0 Å². The van der Waals surface area contributed by atoms with Crippen LogP contribution in [-0.4, -0.2) is 36.6 Å². The SMILES string of the molecule is [2H]C([2H])([2H])N([C@H](C)C([2H])([2H])n1ccc2cc(OC)ccc21)C([2H])([2H])[2H]. The zero-order valence-corrected chi connectivity index (χ0v) is 9.77. The van der Waals surface area contributed by atoms with Crippen LogP contribution < -0.4 is 4.74 Å². The van der Waals surface area contributed by atoms with Gasteiger partial charge in [-0.3, -0.25) is 0 Å². The molecule has 0 aliphatic heterocycles. The summed E-state index contributed by atoms with van der Waals surface area (Å²) in [6.45, 7) is -6.96. The van der Waals surface area contributed by atoms with E-state index in [1.165, 1.54) is 24.8 Å². The second kappa shape index (κ2) is 4.80. The molecule has 1 aromatic carbocycles. The molecule has 0 aliphatic rings. The Labute approximate surface area is 114 Å². The number of ether oxygens (including phenoxy) is 1. The Kier molecular flexibility index (Phi) is 1.54. The van der Waals surface area contributed by atoms with Gasteiger partial charge in [0.25, 0.3) is 0 Å². The molecular weight excluding hydrogens is 212 g/mol. The summed E-state index contributed by atoms with van der Waals surface area (Å²) in [5.41, 5.74) is 0.508. The Balaban J connectivity index is 2.53. The summed E-state index contributed by atoms with van der Waals surface area (Å²) in [5, 5.41) is 0.699. The lowest BCUT2D eigenvalue weighted by Crippen LogP contribution is -2.28. The number of nitrogens with zero attached hydrogens (tertiary/aromatic N) is 2. The van der Waals surface area contributed by atoms with E-state index in [9.17, 15) is 0 Å². The van der Waals surface area contributed by atoms with Crippen molar-refractivity contribution in [2.75, 3.05) is 21.1 Å². The van der Waals surface area contributed by atoms with Gasteiger partial charge in [-0.1, -0.05) is 0 Å². The second-order valence-corrected chi connectivity index (χ2v) is 3.79. The second-order valence-electron chi connectivity index (χ2n) is 3.79. The van der Waals surface area contributed by atoms with Crippen molar-refractivity contribution in [1.82, 2.24) is 9.47 Å². The molecule has 0 unspecified atom stereocenters. The molecule has 2 rings (SSSR count). The van der Waals surface area contributed by atoms with E-state index in [-0.39, 0.29) is 4.90 Å². The lowest BCUT2D eigenvalue weighted by molar-refractivity contribution is 0.286. The Bertz CT molecular complexity index is 735. The zero-order valence-electron chi connectivity index (χ0n) is 17.8. The minimum absolute atomic E-state index is 0.259. The normalized spacial score (nSPS) is 22.5. The number of fused-ring (bicyclic) bond motifs is 1. The average molecular weight is 240 g/mol. The first kappa shape index (κ1) is 5.44. The first-order chi connectivity index (χ1) is 11.3. The van der Waals surface area contributed by atoms with Crippen LogP contribution in [0.4, 0.5) is 0 Å². The molecule has 0 fully saturated rings. The molecular formula is C14H20N2O. The van der Waals surface area contributed by atoms with E-state index in [0.29, 0.717) is 16.7 Å². The number of aromatic nitrogens is 1. The van der Waals surface area contributed by atoms with Crippen molar-refractivity contribution in [3.63, 3.8) is 0 Å². The van der Waals surface area contributed by atoms with Gasteiger partial charge in [0.15, 0.2) is 0 Å². The van der Waals surface area contributed by atoms with Gasteiger partial charge in [0, 0.05) is 37.9 Å². The standard InChI is InChI=1S/C14H20N2O/c1-11(15(2)3)10-16-8-7-12-9-13(17-4)5-6-14(12)16/h5-9,11H,10H2,1-4H3/t11-/m1/s1/i2D3,3D3,10D2. The van der Waals surface area contributed by atoms with Crippen molar-refractivity contribution in [2.45, 2.75) is 19.5 Å². The van der Waals surface area contributed by atoms with E-state index in [0.717, 1.165) is 0 Å². The predicted molar refractivity (Wildman–Crippen MR) is 71.6 cm³/mol. The highest BCUT2D eigenvalue weighted by atomic mass is 16.5. The molecule has 0 amide bonds. The summed E-state index contributed by atoms with van der Waals surface area (Å²) in [4.78, 5) is 0.259. The van der Waals surface area contributed by atoms with E-state index in [1.807, 2.05) is 0 Å². The number of hydrogen-bond acceptors (Lipinski definition) is 2. The Morgan fingerprint density at radius 2 is 2.29 bits per heavy atom. The average Bonchev–Trinajstić information content (AvgIpc) is 2.87. The summed E-state index contributed by atoms with van der Waals surface area (Å²) in [5.74, 6) is 0.602. The quantitative estimate of drug-likeness (QED) is 0.817. The molecule has 0 N–H and O–H groups in total. The maximum atomic E-state index is 8.42. The molecule has 3 heteroatoms. The highest BCUT2D eigenvalue weighted by molar-refractivity contribution is 5.81. The van der Waals surface area contributed by atoms with Gasteiger partial charge in [0.1, 0.15) is 5.75 Å². The lowest BCUT2D eigenvalue weighted by Gasteiger charge is -2.20. The molecule has 92 valence electrons. The Morgan fingerprint density at radius 1 is 1.47 bits per heavy atom. The molecule has 0 spiro atoms. The van der Waals surface area contributed by atoms with E-state index < -0.39 is 26.5 Å². The van der Waals surface area contributed by atoms with Gasteiger partial charge in [-0.15, -0.1) is 0 Å². The molecule has 2 aromatic rings. The smallest absolute Gasteiger partial charge is 0.119 e. The minimum atomic E-state index is -2.97. The number of hydrogen-bond donors (Lipinski definition) is 0. The first-order valence-corrected chi connectivity index (χ1v) is 5.25. The van der Waals surface area contributed by atoms with Gasteiger partial charge < -0.3 is 14.2 Å².